The van der Waals surface area contributed by atoms with Gasteiger partial charge in [0.15, 0.2) is 0 Å². The molecule has 1 aliphatic carbocycles. The summed E-state index contributed by atoms with van der Waals surface area (Å²) in [4.78, 5) is 36.3. The lowest BCUT2D eigenvalue weighted by molar-refractivity contribution is -0.161. The predicted octanol–water partition coefficient (Wildman–Crippen LogP) is 1.64. The van der Waals surface area contributed by atoms with E-state index in [1.807, 2.05) is 0 Å². The molecule has 1 saturated carbocycles. The molecule has 1 aromatic rings. The van der Waals surface area contributed by atoms with Crippen LogP contribution in [-0.2, 0) is 35.9 Å². The van der Waals surface area contributed by atoms with Crippen molar-refractivity contribution in [1.82, 2.24) is 9.62 Å². The topological polar surface area (TPSA) is 149 Å². The van der Waals surface area contributed by atoms with Gasteiger partial charge < -0.3 is 19.5 Å². The molecule has 1 saturated heterocycles. The number of nitrogens with one attached hydrogen (secondary N) is 1. The van der Waals surface area contributed by atoms with E-state index in [1.54, 1.807) is 30.3 Å². The Kier molecular flexibility index (Phi) is 6.70. The molecule has 1 aromatic carbocycles. The molecule has 4 atom stereocenters. The normalized spacial score (nSPS) is 22.7. The molecule has 0 radical (unpaired) electrons. The van der Waals surface area contributed by atoms with Gasteiger partial charge in [-0.1, -0.05) is 30.3 Å². The predicted molar refractivity (Wildman–Crippen MR) is 105 cm³/mol. The summed E-state index contributed by atoms with van der Waals surface area (Å²) in [5.41, 5.74) is 0.728. The first-order valence-corrected chi connectivity index (χ1v) is 11.1. The minimum absolute atomic E-state index is 0.0119. The van der Waals surface area contributed by atoms with E-state index in [1.165, 1.54) is 13.8 Å². The summed E-state index contributed by atoms with van der Waals surface area (Å²) in [7, 11) is -4.90. The van der Waals surface area contributed by atoms with Crippen LogP contribution in [0.3, 0.4) is 0 Å². The molecule has 11 nitrogen and oxygen atoms in total. The maximum atomic E-state index is 12.4. The van der Waals surface area contributed by atoms with Crippen molar-refractivity contribution in [1.29, 1.82) is 0 Å². The number of nitrogens with zero attached hydrogens (tertiary/aromatic N) is 1. The number of amides is 2. The minimum atomic E-state index is -4.90. The quantitative estimate of drug-likeness (QED) is 0.338. The average Bonchev–Trinajstić information content (AvgIpc) is 3.47. The highest BCUT2D eigenvalue weighted by Gasteiger charge is 2.59. The highest BCUT2D eigenvalue weighted by Crippen LogP contribution is 2.36. The van der Waals surface area contributed by atoms with Gasteiger partial charge in [-0.3, -0.25) is 9.35 Å². The number of hydrogen-bond donors (Lipinski definition) is 2. The van der Waals surface area contributed by atoms with Gasteiger partial charge in [0.2, 0.25) is 5.91 Å². The standard InChI is InChI=1S/C19H24N2O9S/c1-11(30-19(24)28-10-13-6-4-3-5-7-13)15-16(21(17(15)22)31(25,26)27)12(2)29-18(23)20-14-8-9-14/h3-7,11-12,14-16H,8-10H2,1-2H3,(H,20,23)(H,25,26,27)/t11-,12+,15-,16-/m1/s1. The summed E-state index contributed by atoms with van der Waals surface area (Å²) in [6.07, 6.45) is -2.37. The van der Waals surface area contributed by atoms with E-state index in [0.29, 0.717) is 0 Å². The number of ether oxygens (including phenoxy) is 3. The van der Waals surface area contributed by atoms with E-state index in [2.05, 4.69) is 5.32 Å². The van der Waals surface area contributed by atoms with E-state index in [0.717, 1.165) is 18.4 Å². The molecular weight excluding hydrogens is 432 g/mol. The first-order valence-electron chi connectivity index (χ1n) is 9.73. The second-order valence-corrected chi connectivity index (χ2v) is 8.79. The number of benzene rings is 1. The zero-order valence-corrected chi connectivity index (χ0v) is 17.8. The summed E-state index contributed by atoms with van der Waals surface area (Å²) < 4.78 is 48.2. The molecular formula is C19H24N2O9S. The molecule has 1 heterocycles. The van der Waals surface area contributed by atoms with Crippen LogP contribution in [0.15, 0.2) is 30.3 Å². The van der Waals surface area contributed by atoms with Crippen LogP contribution in [0, 0.1) is 5.92 Å². The molecule has 3 rings (SSSR count). The number of carbonyl (C=O) groups is 3. The van der Waals surface area contributed by atoms with Crippen molar-refractivity contribution >= 4 is 28.5 Å². The lowest BCUT2D eigenvalue weighted by atomic mass is 9.83. The van der Waals surface area contributed by atoms with Gasteiger partial charge in [-0.25, -0.2) is 13.9 Å². The van der Waals surface area contributed by atoms with Crippen LogP contribution < -0.4 is 5.32 Å². The maximum Gasteiger partial charge on any atom is 0.508 e. The van der Waals surface area contributed by atoms with E-state index in [4.69, 9.17) is 14.2 Å². The summed E-state index contributed by atoms with van der Waals surface area (Å²) in [5.74, 6) is -2.14. The maximum absolute atomic E-state index is 12.4. The van der Waals surface area contributed by atoms with Gasteiger partial charge in [-0.05, 0) is 32.3 Å². The molecule has 2 aliphatic rings. The van der Waals surface area contributed by atoms with Crippen LogP contribution in [-0.4, -0.2) is 59.7 Å². The number of β-lactam (4-membered cyclic amide) rings is 1. The molecule has 2 amide bonds. The van der Waals surface area contributed by atoms with Crippen molar-refractivity contribution in [2.45, 2.75) is 57.6 Å². The Balaban J connectivity index is 1.62. The smallest absolute Gasteiger partial charge is 0.444 e. The van der Waals surface area contributed by atoms with Gasteiger partial charge in [0, 0.05) is 6.04 Å². The highest BCUT2D eigenvalue weighted by atomic mass is 32.2. The van der Waals surface area contributed by atoms with Gasteiger partial charge in [0.1, 0.15) is 30.8 Å². The Morgan fingerprint density at radius 2 is 1.81 bits per heavy atom. The fraction of sp³-hybridized carbons (Fsp3) is 0.526. The minimum Gasteiger partial charge on any atom is -0.444 e. The number of alkyl carbamates (subject to hydrolysis) is 1. The first kappa shape index (κ1) is 22.8. The second-order valence-electron chi connectivity index (χ2n) is 7.50. The highest BCUT2D eigenvalue weighted by molar-refractivity contribution is 7.84. The largest absolute Gasteiger partial charge is 0.508 e. The molecule has 31 heavy (non-hydrogen) atoms. The molecule has 12 heteroatoms. The fourth-order valence-corrected chi connectivity index (χ4v) is 4.33. The van der Waals surface area contributed by atoms with Gasteiger partial charge in [-0.15, -0.1) is 0 Å². The molecule has 2 fully saturated rings. The van der Waals surface area contributed by atoms with Crippen LogP contribution in [0.4, 0.5) is 9.59 Å². The monoisotopic (exact) mass is 456 g/mol. The van der Waals surface area contributed by atoms with Crippen LogP contribution in [0.5, 0.6) is 0 Å². The van der Waals surface area contributed by atoms with E-state index in [-0.39, 0.29) is 17.0 Å². The molecule has 170 valence electrons. The SMILES string of the molecule is C[C@H](OC(=O)NC1CC1)[C@@H]1[C@@H]([C@@H](C)OC(=O)OCc2ccccc2)C(=O)N1S(=O)(=O)O. The fourth-order valence-electron chi connectivity index (χ4n) is 3.37. The average molecular weight is 456 g/mol. The van der Waals surface area contributed by atoms with Gasteiger partial charge in [-0.2, -0.15) is 8.42 Å². The third-order valence-corrected chi connectivity index (χ3v) is 5.97. The van der Waals surface area contributed by atoms with Crippen molar-refractivity contribution in [3.8, 4) is 0 Å². The molecule has 0 unspecified atom stereocenters. The third kappa shape index (κ3) is 5.64. The Morgan fingerprint density at radius 3 is 2.39 bits per heavy atom. The molecule has 0 bridgehead atoms. The Morgan fingerprint density at radius 1 is 1.16 bits per heavy atom. The van der Waals surface area contributed by atoms with Gasteiger partial charge >= 0.3 is 22.6 Å². The van der Waals surface area contributed by atoms with Crippen molar-refractivity contribution in [2.75, 3.05) is 0 Å². The number of rotatable bonds is 8. The zero-order chi connectivity index (χ0) is 22.8. The zero-order valence-electron chi connectivity index (χ0n) is 17.0. The van der Waals surface area contributed by atoms with Crippen LogP contribution in [0.1, 0.15) is 32.3 Å². The Hall–Kier alpha value is -2.86. The second kappa shape index (κ2) is 9.10. The van der Waals surface area contributed by atoms with Gasteiger partial charge in [0.05, 0.1) is 0 Å². The van der Waals surface area contributed by atoms with Crippen LogP contribution in [0.25, 0.3) is 0 Å². The van der Waals surface area contributed by atoms with Crippen LogP contribution >= 0.6 is 0 Å². The Bertz CT molecular complexity index is 933. The van der Waals surface area contributed by atoms with E-state index < -0.39 is 52.6 Å². The van der Waals surface area contributed by atoms with Crippen molar-refractivity contribution in [3.05, 3.63) is 35.9 Å². The summed E-state index contributed by atoms with van der Waals surface area (Å²) in [6, 6.07) is 7.61. The van der Waals surface area contributed by atoms with Gasteiger partial charge in [0.25, 0.3) is 0 Å². The van der Waals surface area contributed by atoms with Crippen molar-refractivity contribution in [2.24, 2.45) is 5.92 Å². The summed E-state index contributed by atoms with van der Waals surface area (Å²) >= 11 is 0. The van der Waals surface area contributed by atoms with Crippen LogP contribution in [0.2, 0.25) is 0 Å². The summed E-state index contributed by atoms with van der Waals surface area (Å²) in [6.45, 7) is 2.72. The number of hydrogen-bond acceptors (Lipinski definition) is 8. The first-order chi connectivity index (χ1) is 14.6. The molecule has 1 aliphatic heterocycles. The van der Waals surface area contributed by atoms with Crippen molar-refractivity contribution in [3.63, 3.8) is 0 Å². The molecule has 0 aromatic heterocycles. The molecule has 0 spiro atoms. The third-order valence-electron chi connectivity index (χ3n) is 5.05. The van der Waals surface area contributed by atoms with E-state index >= 15 is 0 Å². The van der Waals surface area contributed by atoms with Crippen molar-refractivity contribution < 1.29 is 41.6 Å². The Labute approximate surface area is 179 Å². The number of carbonyl (C=O) groups excluding carboxylic acids is 3. The lowest BCUT2D eigenvalue weighted by Gasteiger charge is -2.47. The van der Waals surface area contributed by atoms with E-state index in [9.17, 15) is 27.4 Å². The summed E-state index contributed by atoms with van der Waals surface area (Å²) in [5, 5.41) is 2.58. The molecule has 2 N–H and O–H groups in total. The lowest BCUT2D eigenvalue weighted by Crippen LogP contribution is -2.70.